The fraction of sp³-hybridized carbons (Fsp3) is 0.522. The molecule has 172 valence electrons. The number of halogens is 3. The molecule has 2 aromatic rings. The third-order valence-corrected chi connectivity index (χ3v) is 6.28. The monoisotopic (exact) mass is 447 g/mol. The van der Waals surface area contributed by atoms with Crippen molar-refractivity contribution in [1.29, 1.82) is 0 Å². The Balaban J connectivity index is 1.21. The number of amides is 1. The van der Waals surface area contributed by atoms with Crippen LogP contribution < -0.4 is 4.90 Å². The maximum absolute atomic E-state index is 12.9. The Morgan fingerprint density at radius 3 is 2.31 bits per heavy atom. The van der Waals surface area contributed by atoms with Crippen LogP contribution in [0.25, 0.3) is 0 Å². The Morgan fingerprint density at radius 1 is 0.969 bits per heavy atom. The molecule has 2 aliphatic heterocycles. The third kappa shape index (κ3) is 5.76. The highest BCUT2D eigenvalue weighted by Crippen LogP contribution is 2.28. The van der Waals surface area contributed by atoms with Gasteiger partial charge in [-0.25, -0.2) is 9.97 Å². The van der Waals surface area contributed by atoms with Crippen molar-refractivity contribution in [3.8, 4) is 0 Å². The minimum Gasteiger partial charge on any atom is -0.342 e. The summed E-state index contributed by atoms with van der Waals surface area (Å²) in [5, 5.41) is 0. The average Bonchev–Trinajstić information content (AvgIpc) is 2.80. The van der Waals surface area contributed by atoms with Crippen LogP contribution in [0.1, 0.15) is 24.1 Å². The number of piperidine rings is 1. The molecule has 32 heavy (non-hydrogen) atoms. The summed E-state index contributed by atoms with van der Waals surface area (Å²) in [6.07, 6.45) is -0.256. The van der Waals surface area contributed by atoms with E-state index in [1.807, 2.05) is 11.0 Å². The highest BCUT2D eigenvalue weighted by molar-refractivity contribution is 5.78. The first-order valence-electron chi connectivity index (χ1n) is 11.1. The summed E-state index contributed by atoms with van der Waals surface area (Å²) < 4.78 is 38.7. The van der Waals surface area contributed by atoms with Gasteiger partial charge >= 0.3 is 6.18 Å². The normalized spacial score (nSPS) is 18.7. The number of hydrogen-bond donors (Lipinski definition) is 0. The summed E-state index contributed by atoms with van der Waals surface area (Å²) in [5.74, 6) is 0.829. The van der Waals surface area contributed by atoms with Crippen molar-refractivity contribution in [3.63, 3.8) is 0 Å². The van der Waals surface area contributed by atoms with Crippen molar-refractivity contribution in [3.05, 3.63) is 53.9 Å². The number of rotatable bonds is 5. The van der Waals surface area contributed by atoms with Crippen molar-refractivity contribution in [2.24, 2.45) is 5.92 Å². The van der Waals surface area contributed by atoms with Crippen LogP contribution in [0.15, 0.2) is 42.6 Å². The minimum absolute atomic E-state index is 0.0892. The lowest BCUT2D eigenvalue weighted by atomic mass is 9.90. The van der Waals surface area contributed by atoms with Crippen LogP contribution in [0.5, 0.6) is 0 Å². The minimum atomic E-state index is -4.49. The van der Waals surface area contributed by atoms with Crippen molar-refractivity contribution in [2.45, 2.75) is 25.4 Å². The number of carbonyl (C=O) groups is 1. The molecule has 0 aliphatic carbocycles. The van der Waals surface area contributed by atoms with Gasteiger partial charge in [0, 0.05) is 45.5 Å². The van der Waals surface area contributed by atoms with Crippen molar-refractivity contribution in [2.75, 3.05) is 50.7 Å². The molecule has 3 heterocycles. The predicted octanol–water partition coefficient (Wildman–Crippen LogP) is 3.10. The van der Waals surface area contributed by atoms with Gasteiger partial charge in [0.1, 0.15) is 5.69 Å². The Labute approximate surface area is 186 Å². The van der Waals surface area contributed by atoms with Gasteiger partial charge in [-0.3, -0.25) is 9.69 Å². The Hall–Kier alpha value is -2.68. The summed E-state index contributed by atoms with van der Waals surface area (Å²) in [5.41, 5.74) is 0.413. The van der Waals surface area contributed by atoms with E-state index in [1.54, 1.807) is 4.90 Å². The van der Waals surface area contributed by atoms with Gasteiger partial charge in [-0.05, 0) is 36.8 Å². The summed E-state index contributed by atoms with van der Waals surface area (Å²) >= 11 is 0. The molecule has 0 radical (unpaired) electrons. The number of likely N-dealkylation sites (tertiary alicyclic amines) is 1. The van der Waals surface area contributed by atoms with Crippen LogP contribution in [0.2, 0.25) is 0 Å². The lowest BCUT2D eigenvalue weighted by Gasteiger charge is -2.37. The molecule has 2 fully saturated rings. The first-order valence-corrected chi connectivity index (χ1v) is 11.1. The number of benzene rings is 1. The van der Waals surface area contributed by atoms with Crippen LogP contribution in [0.3, 0.4) is 0 Å². The Kier molecular flexibility index (Phi) is 6.93. The van der Waals surface area contributed by atoms with Gasteiger partial charge in [-0.1, -0.05) is 30.3 Å². The molecule has 1 aromatic heterocycles. The Morgan fingerprint density at radius 2 is 1.66 bits per heavy atom. The lowest BCUT2D eigenvalue weighted by Crippen LogP contribution is -2.51. The maximum Gasteiger partial charge on any atom is 0.433 e. The fourth-order valence-corrected chi connectivity index (χ4v) is 4.39. The highest BCUT2D eigenvalue weighted by Gasteiger charge is 2.33. The predicted molar refractivity (Wildman–Crippen MR) is 115 cm³/mol. The molecule has 2 aliphatic rings. The molecule has 0 atom stereocenters. The first kappa shape index (κ1) is 22.5. The zero-order chi connectivity index (χ0) is 22.6. The van der Waals surface area contributed by atoms with E-state index >= 15 is 0 Å². The van der Waals surface area contributed by atoms with E-state index in [0.717, 1.165) is 44.6 Å². The van der Waals surface area contributed by atoms with Gasteiger partial charge < -0.3 is 9.80 Å². The smallest absolute Gasteiger partial charge is 0.342 e. The highest BCUT2D eigenvalue weighted by atomic mass is 19.4. The molecule has 4 rings (SSSR count). The van der Waals surface area contributed by atoms with Gasteiger partial charge in [0.15, 0.2) is 0 Å². The summed E-state index contributed by atoms with van der Waals surface area (Å²) in [6, 6.07) is 11.3. The summed E-state index contributed by atoms with van der Waals surface area (Å²) in [6.45, 7) is 4.09. The standard InChI is InChI=1S/C23H28F3N5O/c24-23(25,26)20-6-9-27-22(28-20)31-14-12-29(13-15-31)17-21(32)30-10-7-19(8-11-30)16-18-4-2-1-3-5-18/h1-6,9,19H,7-8,10-17H2. The first-order chi connectivity index (χ1) is 15.4. The largest absolute Gasteiger partial charge is 0.433 e. The van der Waals surface area contributed by atoms with E-state index < -0.39 is 11.9 Å². The summed E-state index contributed by atoms with van der Waals surface area (Å²) in [4.78, 5) is 26.2. The molecule has 0 bridgehead atoms. The molecule has 0 N–H and O–H groups in total. The van der Waals surface area contributed by atoms with E-state index in [0.29, 0.717) is 38.6 Å². The topological polar surface area (TPSA) is 52.6 Å². The molecule has 0 unspecified atom stereocenters. The summed E-state index contributed by atoms with van der Waals surface area (Å²) in [7, 11) is 0. The van der Waals surface area contributed by atoms with Crippen LogP contribution in [0.4, 0.5) is 19.1 Å². The molecule has 0 spiro atoms. The molecule has 2 saturated heterocycles. The number of carbonyl (C=O) groups excluding carboxylic acids is 1. The second kappa shape index (κ2) is 9.85. The van der Waals surface area contributed by atoms with E-state index in [1.165, 1.54) is 5.56 Å². The molecule has 1 aromatic carbocycles. The third-order valence-electron chi connectivity index (χ3n) is 6.28. The zero-order valence-electron chi connectivity index (χ0n) is 18.0. The van der Waals surface area contributed by atoms with Crippen molar-refractivity contribution in [1.82, 2.24) is 19.8 Å². The quantitative estimate of drug-likeness (QED) is 0.705. The number of aromatic nitrogens is 2. The van der Waals surface area contributed by atoms with E-state index in [4.69, 9.17) is 0 Å². The number of anilines is 1. The fourth-order valence-electron chi connectivity index (χ4n) is 4.39. The number of alkyl halides is 3. The average molecular weight is 448 g/mol. The SMILES string of the molecule is O=C(CN1CCN(c2nccc(C(F)(F)F)n2)CC1)N1CCC(Cc2ccccc2)CC1. The van der Waals surface area contributed by atoms with Gasteiger partial charge in [0.2, 0.25) is 11.9 Å². The van der Waals surface area contributed by atoms with Gasteiger partial charge in [0.05, 0.1) is 6.54 Å². The zero-order valence-corrected chi connectivity index (χ0v) is 18.0. The van der Waals surface area contributed by atoms with Crippen molar-refractivity contribution >= 4 is 11.9 Å². The lowest BCUT2D eigenvalue weighted by molar-refractivity contribution is -0.141. The van der Waals surface area contributed by atoms with Crippen molar-refractivity contribution < 1.29 is 18.0 Å². The van der Waals surface area contributed by atoms with Crippen LogP contribution in [-0.2, 0) is 17.4 Å². The second-order valence-electron chi connectivity index (χ2n) is 8.52. The maximum atomic E-state index is 12.9. The number of piperazine rings is 1. The number of nitrogens with zero attached hydrogens (tertiary/aromatic N) is 5. The van der Waals surface area contributed by atoms with Crippen LogP contribution in [-0.4, -0.2) is 71.5 Å². The molecule has 0 saturated carbocycles. The van der Waals surface area contributed by atoms with E-state index in [-0.39, 0.29) is 11.9 Å². The number of hydrogen-bond acceptors (Lipinski definition) is 5. The van der Waals surface area contributed by atoms with Crippen LogP contribution in [0, 0.1) is 5.92 Å². The second-order valence-corrected chi connectivity index (χ2v) is 8.52. The molecular formula is C23H28F3N5O. The van der Waals surface area contributed by atoms with Gasteiger partial charge in [-0.2, -0.15) is 13.2 Å². The Bertz CT molecular complexity index is 892. The molecule has 1 amide bonds. The van der Waals surface area contributed by atoms with Gasteiger partial charge in [0.25, 0.3) is 0 Å². The van der Waals surface area contributed by atoms with Crippen LogP contribution >= 0.6 is 0 Å². The molecule has 9 heteroatoms. The van der Waals surface area contributed by atoms with E-state index in [9.17, 15) is 18.0 Å². The molecule has 6 nitrogen and oxygen atoms in total. The van der Waals surface area contributed by atoms with E-state index in [2.05, 4.69) is 39.1 Å². The van der Waals surface area contributed by atoms with Gasteiger partial charge in [-0.15, -0.1) is 0 Å². The molecular weight excluding hydrogens is 419 g/mol.